The van der Waals surface area contributed by atoms with Gasteiger partial charge in [-0.1, -0.05) is 19.4 Å². The summed E-state index contributed by atoms with van der Waals surface area (Å²) in [6.45, 7) is 1.89. The van der Waals surface area contributed by atoms with Crippen molar-refractivity contribution in [1.82, 2.24) is 13.8 Å². The number of hydrogen-bond acceptors (Lipinski definition) is 3. The fraction of sp³-hybridized carbons (Fsp3) is 0.500. The molecule has 6 nitrogen and oxygen atoms in total. The highest BCUT2D eigenvalue weighted by Crippen LogP contribution is 2.32. The summed E-state index contributed by atoms with van der Waals surface area (Å²) in [7, 11) is -2.41. The molecule has 0 spiro atoms. The molecule has 1 aromatic heterocycles. The fourth-order valence-corrected chi connectivity index (χ4v) is 4.96. The van der Waals surface area contributed by atoms with Gasteiger partial charge in [0.25, 0.3) is 0 Å². The van der Waals surface area contributed by atoms with E-state index in [1.807, 2.05) is 36.9 Å². The zero-order valence-electron chi connectivity index (χ0n) is 18.2. The van der Waals surface area contributed by atoms with Crippen molar-refractivity contribution in [3.05, 3.63) is 53.9 Å². The highest BCUT2D eigenvalue weighted by Gasteiger charge is 2.37. The molecule has 10 heteroatoms. The van der Waals surface area contributed by atoms with Crippen LogP contribution in [0.4, 0.5) is 13.2 Å². The van der Waals surface area contributed by atoms with Gasteiger partial charge in [0.1, 0.15) is 0 Å². The van der Waals surface area contributed by atoms with Crippen LogP contribution >= 0.6 is 0 Å². The molecule has 1 saturated carbocycles. The normalized spacial score (nSPS) is 14.7. The molecule has 1 heterocycles. The zero-order valence-corrected chi connectivity index (χ0v) is 19.0. The number of amides is 1. The van der Waals surface area contributed by atoms with Crippen LogP contribution in [-0.2, 0) is 34.6 Å². The molecule has 0 atom stereocenters. The van der Waals surface area contributed by atoms with Gasteiger partial charge in [-0.2, -0.15) is 17.5 Å². The molecule has 3 rings (SSSR count). The molecule has 176 valence electrons. The van der Waals surface area contributed by atoms with Crippen LogP contribution in [-0.4, -0.2) is 47.2 Å². The van der Waals surface area contributed by atoms with Crippen LogP contribution in [0.2, 0.25) is 0 Å². The minimum Gasteiger partial charge on any atom is -0.353 e. The summed E-state index contributed by atoms with van der Waals surface area (Å²) in [6.07, 6.45) is 0.0895. The molecule has 2 aromatic rings. The number of benzene rings is 1. The molecular weight excluding hydrogens is 443 g/mol. The van der Waals surface area contributed by atoms with Crippen molar-refractivity contribution in [2.24, 2.45) is 7.05 Å². The van der Waals surface area contributed by atoms with Crippen LogP contribution in [0.1, 0.15) is 43.9 Å². The summed E-state index contributed by atoms with van der Waals surface area (Å²) < 4.78 is 68.7. The number of carbonyl (C=O) groups is 1. The maximum atomic E-state index is 13.2. The number of halogens is 3. The van der Waals surface area contributed by atoms with Crippen molar-refractivity contribution < 1.29 is 26.4 Å². The van der Waals surface area contributed by atoms with Gasteiger partial charge in [-0.3, -0.25) is 4.79 Å². The van der Waals surface area contributed by atoms with Gasteiger partial charge < -0.3 is 9.47 Å². The third kappa shape index (κ3) is 5.72. The average Bonchev–Trinajstić information content (AvgIpc) is 3.50. The van der Waals surface area contributed by atoms with Crippen molar-refractivity contribution in [1.29, 1.82) is 0 Å². The first-order valence-corrected chi connectivity index (χ1v) is 12.0. The van der Waals surface area contributed by atoms with Gasteiger partial charge in [0.2, 0.25) is 15.9 Å². The molecule has 0 bridgehead atoms. The molecule has 32 heavy (non-hydrogen) atoms. The van der Waals surface area contributed by atoms with Crippen LogP contribution in [0.3, 0.4) is 0 Å². The molecule has 0 radical (unpaired) electrons. The minimum absolute atomic E-state index is 0.0571. The topological polar surface area (TPSA) is 62.6 Å². The molecule has 0 unspecified atom stereocenters. The summed E-state index contributed by atoms with van der Waals surface area (Å²) in [6, 6.07) is 7.49. The first-order valence-electron chi connectivity index (χ1n) is 10.6. The smallest absolute Gasteiger partial charge is 0.353 e. The Labute approximate surface area is 186 Å². The van der Waals surface area contributed by atoms with Crippen molar-refractivity contribution in [2.45, 2.75) is 56.3 Å². The second kappa shape index (κ2) is 9.66. The molecule has 1 aromatic carbocycles. The van der Waals surface area contributed by atoms with Crippen molar-refractivity contribution in [2.75, 3.05) is 13.1 Å². The Morgan fingerprint density at radius 3 is 2.47 bits per heavy atom. The molecule has 0 aliphatic heterocycles. The Balaban J connectivity index is 1.85. The molecule has 0 N–H and O–H groups in total. The number of nitrogens with zero attached hydrogens (tertiary/aromatic N) is 3. The maximum absolute atomic E-state index is 13.2. The number of carbonyl (C=O) groups excluding carboxylic acids is 1. The lowest BCUT2D eigenvalue weighted by molar-refractivity contribution is -0.137. The second-order valence-electron chi connectivity index (χ2n) is 8.08. The average molecular weight is 472 g/mol. The Morgan fingerprint density at radius 2 is 1.91 bits per heavy atom. The van der Waals surface area contributed by atoms with Crippen LogP contribution in [0, 0.1) is 0 Å². The van der Waals surface area contributed by atoms with E-state index in [0.717, 1.165) is 41.0 Å². The van der Waals surface area contributed by atoms with Gasteiger partial charge in [-0.05, 0) is 49.6 Å². The highest BCUT2D eigenvalue weighted by atomic mass is 32.2. The Kier molecular flexibility index (Phi) is 7.34. The quantitative estimate of drug-likeness (QED) is 0.526. The summed E-state index contributed by atoms with van der Waals surface area (Å²) in [4.78, 5) is 14.4. The summed E-state index contributed by atoms with van der Waals surface area (Å²) in [5, 5.41) is 0. The minimum atomic E-state index is -4.66. The van der Waals surface area contributed by atoms with E-state index in [-0.39, 0.29) is 18.5 Å². The monoisotopic (exact) mass is 471 g/mol. The summed E-state index contributed by atoms with van der Waals surface area (Å²) >= 11 is 0. The molecular formula is C22H28F3N3O3S. The fourth-order valence-electron chi connectivity index (χ4n) is 3.48. The number of unbranched alkanes of at least 4 members (excludes halogenated alkanes) is 1. The van der Waals surface area contributed by atoms with Gasteiger partial charge in [-0.15, -0.1) is 0 Å². The van der Waals surface area contributed by atoms with Gasteiger partial charge in [0, 0.05) is 31.5 Å². The number of aryl methyl sites for hydroxylation is 1. The van der Waals surface area contributed by atoms with E-state index in [1.165, 1.54) is 0 Å². The van der Waals surface area contributed by atoms with E-state index in [2.05, 4.69) is 0 Å². The summed E-state index contributed by atoms with van der Waals surface area (Å²) in [5.41, 5.74) is -0.116. The first-order chi connectivity index (χ1) is 15.0. The Bertz CT molecular complexity index is 1050. The van der Waals surface area contributed by atoms with Crippen LogP contribution in [0.5, 0.6) is 0 Å². The highest BCUT2D eigenvalue weighted by molar-refractivity contribution is 7.89. The van der Waals surface area contributed by atoms with E-state index in [4.69, 9.17) is 0 Å². The predicted octanol–water partition coefficient (Wildman–Crippen LogP) is 4.03. The van der Waals surface area contributed by atoms with Crippen molar-refractivity contribution in [3.8, 4) is 0 Å². The van der Waals surface area contributed by atoms with Gasteiger partial charge in [-0.25, -0.2) is 8.42 Å². The van der Waals surface area contributed by atoms with Crippen molar-refractivity contribution in [3.63, 3.8) is 0 Å². The van der Waals surface area contributed by atoms with Crippen molar-refractivity contribution >= 4 is 15.9 Å². The van der Waals surface area contributed by atoms with Crippen LogP contribution in [0.15, 0.2) is 47.5 Å². The second-order valence-corrected chi connectivity index (χ2v) is 10.0. The van der Waals surface area contributed by atoms with Gasteiger partial charge in [0.15, 0.2) is 0 Å². The molecule has 1 aliphatic rings. The largest absolute Gasteiger partial charge is 0.416 e. The molecule has 1 aliphatic carbocycles. The lowest BCUT2D eigenvalue weighted by Gasteiger charge is -2.27. The number of rotatable bonds is 10. The summed E-state index contributed by atoms with van der Waals surface area (Å²) in [5.74, 6) is -0.347. The Morgan fingerprint density at radius 1 is 1.19 bits per heavy atom. The molecule has 1 amide bonds. The first kappa shape index (κ1) is 24.3. The van der Waals surface area contributed by atoms with Gasteiger partial charge in [0.05, 0.1) is 23.5 Å². The van der Waals surface area contributed by atoms with E-state index in [1.54, 1.807) is 4.90 Å². The third-order valence-electron chi connectivity index (χ3n) is 5.56. The zero-order chi connectivity index (χ0) is 23.5. The van der Waals surface area contributed by atoms with E-state index in [9.17, 15) is 26.4 Å². The molecule has 0 saturated heterocycles. The number of hydrogen-bond donors (Lipinski definition) is 0. The number of aromatic nitrogens is 1. The van der Waals surface area contributed by atoms with E-state index in [0.29, 0.717) is 25.5 Å². The Hall–Kier alpha value is -2.33. The van der Waals surface area contributed by atoms with E-state index >= 15 is 0 Å². The molecule has 1 fully saturated rings. The maximum Gasteiger partial charge on any atom is 0.416 e. The number of sulfonamides is 1. The van der Waals surface area contributed by atoms with Crippen LogP contribution < -0.4 is 0 Å². The van der Waals surface area contributed by atoms with E-state index < -0.39 is 33.2 Å². The number of alkyl halides is 3. The third-order valence-corrected chi connectivity index (χ3v) is 7.40. The lowest BCUT2D eigenvalue weighted by atomic mass is 10.2. The van der Waals surface area contributed by atoms with Gasteiger partial charge >= 0.3 is 6.18 Å². The predicted molar refractivity (Wildman–Crippen MR) is 114 cm³/mol. The van der Waals surface area contributed by atoms with Crippen LogP contribution in [0.25, 0.3) is 0 Å². The SMILES string of the molecule is CCCCN(CC(=O)N(Cc1cccn1C)C1CC1)S(=O)(=O)c1cccc(C(F)(F)F)c1. The lowest BCUT2D eigenvalue weighted by Crippen LogP contribution is -2.44. The standard InChI is InChI=1S/C22H28F3N3O3S/c1-3-4-13-27(32(30,31)20-9-5-7-17(14-20)22(23,24)25)16-21(29)28(18-10-11-18)15-19-8-6-12-26(19)2/h5-9,12,14,18H,3-4,10-11,13,15-16H2,1-2H3.